The molecule has 4 rings (SSSR count). The number of hydrogen-bond acceptors (Lipinski definition) is 5. The molecule has 2 aromatic rings. The first-order valence-corrected chi connectivity index (χ1v) is 11.3. The molecule has 28 heavy (non-hydrogen) atoms. The predicted octanol–water partition coefficient (Wildman–Crippen LogP) is 4.05. The van der Waals surface area contributed by atoms with Gasteiger partial charge in [0.05, 0.1) is 0 Å². The minimum absolute atomic E-state index is 0.229. The third-order valence-corrected chi connectivity index (χ3v) is 6.89. The smallest absolute Gasteiger partial charge is 0.226 e. The van der Waals surface area contributed by atoms with E-state index >= 15 is 0 Å². The molecule has 1 aliphatic carbocycles. The van der Waals surface area contributed by atoms with E-state index in [9.17, 15) is 4.79 Å². The molecule has 0 N–H and O–H groups in total. The van der Waals surface area contributed by atoms with Gasteiger partial charge in [0.2, 0.25) is 11.0 Å². The van der Waals surface area contributed by atoms with Crippen LogP contribution in [-0.4, -0.2) is 45.8 Å². The van der Waals surface area contributed by atoms with Crippen LogP contribution in [-0.2, 0) is 11.2 Å². The standard InChI is InChI=1S/C22H30N4OS/c1-16-8-10-18(11-9-16)14-20-23-22(28-24-20)25-12-13-26(17(2)15-25)21(27)19-6-4-3-5-7-19/h8-11,17,19H,3-7,12-15H2,1-2H3. The first-order chi connectivity index (χ1) is 13.6. The highest BCUT2D eigenvalue weighted by molar-refractivity contribution is 7.09. The Balaban J connectivity index is 1.35. The van der Waals surface area contributed by atoms with E-state index in [4.69, 9.17) is 4.98 Å². The summed E-state index contributed by atoms with van der Waals surface area (Å²) in [7, 11) is 0. The summed E-state index contributed by atoms with van der Waals surface area (Å²) in [4.78, 5) is 22.1. The lowest BCUT2D eigenvalue weighted by Gasteiger charge is -2.41. The van der Waals surface area contributed by atoms with Crippen LogP contribution in [0.25, 0.3) is 0 Å². The van der Waals surface area contributed by atoms with Gasteiger partial charge < -0.3 is 9.80 Å². The third kappa shape index (κ3) is 4.37. The molecule has 1 atom stereocenters. The van der Waals surface area contributed by atoms with Crippen LogP contribution in [0.5, 0.6) is 0 Å². The van der Waals surface area contributed by atoms with E-state index in [0.717, 1.165) is 49.9 Å². The molecule has 1 aromatic carbocycles. The highest BCUT2D eigenvalue weighted by Gasteiger charge is 2.33. The van der Waals surface area contributed by atoms with Crippen molar-refractivity contribution in [2.45, 2.75) is 58.4 Å². The summed E-state index contributed by atoms with van der Waals surface area (Å²) in [6.07, 6.45) is 6.62. The van der Waals surface area contributed by atoms with Gasteiger partial charge in [-0.2, -0.15) is 4.37 Å². The quantitative estimate of drug-likeness (QED) is 0.779. The summed E-state index contributed by atoms with van der Waals surface area (Å²) < 4.78 is 4.57. The highest BCUT2D eigenvalue weighted by Crippen LogP contribution is 2.28. The summed E-state index contributed by atoms with van der Waals surface area (Å²) in [6.45, 7) is 6.76. The van der Waals surface area contributed by atoms with Gasteiger partial charge in [0, 0.05) is 49.5 Å². The molecule has 2 heterocycles. The zero-order valence-corrected chi connectivity index (χ0v) is 17.7. The molecule has 2 aliphatic rings. The molecule has 0 spiro atoms. The molecule has 1 saturated heterocycles. The van der Waals surface area contributed by atoms with Gasteiger partial charge in [-0.05, 0) is 32.3 Å². The molecule has 0 bridgehead atoms. The Morgan fingerprint density at radius 1 is 1.14 bits per heavy atom. The summed E-state index contributed by atoms with van der Waals surface area (Å²) >= 11 is 1.48. The number of carbonyl (C=O) groups excluding carboxylic acids is 1. The van der Waals surface area contributed by atoms with Gasteiger partial charge >= 0.3 is 0 Å². The Hall–Kier alpha value is -1.95. The first kappa shape index (κ1) is 19.4. The number of benzene rings is 1. The van der Waals surface area contributed by atoms with Crippen LogP contribution in [0.1, 0.15) is 56.0 Å². The molecular weight excluding hydrogens is 368 g/mol. The van der Waals surface area contributed by atoms with Crippen molar-refractivity contribution in [2.75, 3.05) is 24.5 Å². The fourth-order valence-corrected chi connectivity index (χ4v) is 5.10. The normalized spacial score (nSPS) is 21.1. The number of anilines is 1. The van der Waals surface area contributed by atoms with E-state index < -0.39 is 0 Å². The van der Waals surface area contributed by atoms with Crippen LogP contribution in [0, 0.1) is 12.8 Å². The average molecular weight is 399 g/mol. The summed E-state index contributed by atoms with van der Waals surface area (Å²) in [6, 6.07) is 8.79. The molecule has 1 aromatic heterocycles. The number of aryl methyl sites for hydroxylation is 1. The van der Waals surface area contributed by atoms with Crippen molar-refractivity contribution in [3.8, 4) is 0 Å². The maximum atomic E-state index is 12.9. The van der Waals surface area contributed by atoms with Crippen LogP contribution < -0.4 is 4.90 Å². The Labute approximate surface area is 171 Å². The van der Waals surface area contributed by atoms with Crippen molar-refractivity contribution in [1.29, 1.82) is 0 Å². The summed E-state index contributed by atoms with van der Waals surface area (Å²) in [5.41, 5.74) is 2.51. The van der Waals surface area contributed by atoms with Crippen LogP contribution >= 0.6 is 11.5 Å². The fraction of sp³-hybridized carbons (Fsp3) is 0.591. The van der Waals surface area contributed by atoms with E-state index in [1.807, 2.05) is 0 Å². The maximum absolute atomic E-state index is 12.9. The van der Waals surface area contributed by atoms with Gasteiger partial charge in [-0.15, -0.1) is 0 Å². The number of hydrogen-bond donors (Lipinski definition) is 0. The van der Waals surface area contributed by atoms with Crippen molar-refractivity contribution in [2.24, 2.45) is 5.92 Å². The average Bonchev–Trinajstić information content (AvgIpc) is 3.18. The van der Waals surface area contributed by atoms with E-state index in [1.54, 1.807) is 0 Å². The second-order valence-electron chi connectivity index (χ2n) is 8.32. The fourth-order valence-electron chi connectivity index (χ4n) is 4.38. The van der Waals surface area contributed by atoms with Crippen LogP contribution in [0.3, 0.4) is 0 Å². The molecule has 6 heteroatoms. The molecular formula is C22H30N4OS. The van der Waals surface area contributed by atoms with Gasteiger partial charge in [-0.3, -0.25) is 4.79 Å². The molecule has 5 nitrogen and oxygen atoms in total. The molecule has 1 unspecified atom stereocenters. The first-order valence-electron chi connectivity index (χ1n) is 10.5. The van der Waals surface area contributed by atoms with Gasteiger partial charge in [0.25, 0.3) is 0 Å². The van der Waals surface area contributed by atoms with Crippen LogP contribution in [0.15, 0.2) is 24.3 Å². The third-order valence-electron chi connectivity index (χ3n) is 6.08. The van der Waals surface area contributed by atoms with Crippen molar-refractivity contribution in [1.82, 2.24) is 14.3 Å². The highest BCUT2D eigenvalue weighted by atomic mass is 32.1. The lowest BCUT2D eigenvalue weighted by molar-refractivity contribution is -0.139. The topological polar surface area (TPSA) is 49.3 Å². The molecule has 0 radical (unpaired) electrons. The Morgan fingerprint density at radius 3 is 2.61 bits per heavy atom. The lowest BCUT2D eigenvalue weighted by Crippen LogP contribution is -2.55. The SMILES string of the molecule is Cc1ccc(Cc2nsc(N3CCN(C(=O)C4CCCCC4)C(C)C3)n2)cc1. The Kier molecular flexibility index (Phi) is 5.95. The number of aromatic nitrogens is 2. The van der Waals surface area contributed by atoms with Crippen LogP contribution in [0.4, 0.5) is 5.13 Å². The molecule has 1 saturated carbocycles. The van der Waals surface area contributed by atoms with Gasteiger partial charge in [0.15, 0.2) is 0 Å². The maximum Gasteiger partial charge on any atom is 0.226 e. The largest absolute Gasteiger partial charge is 0.343 e. The van der Waals surface area contributed by atoms with Gasteiger partial charge in [0.1, 0.15) is 5.82 Å². The van der Waals surface area contributed by atoms with Crippen molar-refractivity contribution < 1.29 is 4.79 Å². The second-order valence-corrected chi connectivity index (χ2v) is 9.05. The Morgan fingerprint density at radius 2 is 1.89 bits per heavy atom. The van der Waals surface area contributed by atoms with Crippen molar-refractivity contribution >= 4 is 22.6 Å². The summed E-state index contributed by atoms with van der Waals surface area (Å²) in [5.74, 6) is 1.52. The molecule has 2 fully saturated rings. The van der Waals surface area contributed by atoms with Crippen molar-refractivity contribution in [3.63, 3.8) is 0 Å². The molecule has 1 amide bonds. The minimum atomic E-state index is 0.229. The minimum Gasteiger partial charge on any atom is -0.343 e. The second kappa shape index (κ2) is 8.60. The van der Waals surface area contributed by atoms with E-state index in [2.05, 4.69) is 52.3 Å². The number of carbonyl (C=O) groups is 1. The van der Waals surface area contributed by atoms with E-state index in [-0.39, 0.29) is 12.0 Å². The lowest BCUT2D eigenvalue weighted by atomic mass is 9.88. The number of rotatable bonds is 4. The van der Waals surface area contributed by atoms with E-state index in [0.29, 0.717) is 5.91 Å². The predicted molar refractivity (Wildman–Crippen MR) is 114 cm³/mol. The molecule has 1 aliphatic heterocycles. The Bertz CT molecular complexity index is 797. The zero-order chi connectivity index (χ0) is 19.5. The number of nitrogens with zero attached hydrogens (tertiary/aromatic N) is 4. The van der Waals surface area contributed by atoms with Gasteiger partial charge in [-0.1, -0.05) is 49.1 Å². The zero-order valence-electron chi connectivity index (χ0n) is 16.9. The summed E-state index contributed by atoms with van der Waals surface area (Å²) in [5, 5.41) is 0.985. The van der Waals surface area contributed by atoms with Crippen LogP contribution in [0.2, 0.25) is 0 Å². The number of piperazine rings is 1. The number of amides is 1. The van der Waals surface area contributed by atoms with Gasteiger partial charge in [-0.25, -0.2) is 4.98 Å². The monoisotopic (exact) mass is 398 g/mol. The molecule has 150 valence electrons. The van der Waals surface area contributed by atoms with Crippen molar-refractivity contribution in [3.05, 3.63) is 41.2 Å². The van der Waals surface area contributed by atoms with E-state index in [1.165, 1.54) is 41.9 Å².